The van der Waals surface area contributed by atoms with Gasteiger partial charge in [-0.2, -0.15) is 0 Å². The smallest absolute Gasteiger partial charge is 0.304 e. The summed E-state index contributed by atoms with van der Waals surface area (Å²) in [6.45, 7) is 1.13. The molecule has 5 nitrogen and oxygen atoms in total. The molecule has 8 heteroatoms. The maximum Gasteiger partial charge on any atom is 0.308 e. The lowest BCUT2D eigenvalue weighted by atomic mass is 10.1. The van der Waals surface area contributed by atoms with Gasteiger partial charge in [0.25, 0.3) is 0 Å². The maximum atomic E-state index is 12.7. The van der Waals surface area contributed by atoms with Gasteiger partial charge >= 0.3 is 4.87 Å². The van der Waals surface area contributed by atoms with Gasteiger partial charge in [-0.1, -0.05) is 89.3 Å². The van der Waals surface area contributed by atoms with Crippen molar-refractivity contribution in [3.05, 3.63) is 111 Å². The molecule has 0 saturated carbocycles. The molecule has 3 aromatic carbocycles. The average Bonchev–Trinajstić information content (AvgIpc) is 3.37. The van der Waals surface area contributed by atoms with Crippen LogP contribution in [0.15, 0.2) is 88.8 Å². The van der Waals surface area contributed by atoms with Gasteiger partial charge in [-0.15, -0.1) is 10.2 Å². The van der Waals surface area contributed by atoms with Crippen LogP contribution in [0.25, 0.3) is 10.2 Å². The molecule has 33 heavy (non-hydrogen) atoms. The number of benzene rings is 3. The molecular formula is C25H21ClN4OS2. The van der Waals surface area contributed by atoms with Crippen LogP contribution < -0.4 is 4.87 Å². The number of hydrogen-bond donors (Lipinski definition) is 0. The van der Waals surface area contributed by atoms with Gasteiger partial charge in [0, 0.05) is 17.3 Å². The molecule has 0 aliphatic rings. The van der Waals surface area contributed by atoms with Crippen LogP contribution in [-0.2, 0) is 25.3 Å². The number of nitrogens with zero attached hydrogens (tertiary/aromatic N) is 4. The lowest BCUT2D eigenvalue weighted by Crippen LogP contribution is -2.18. The van der Waals surface area contributed by atoms with Crippen molar-refractivity contribution in [2.75, 3.05) is 0 Å². The van der Waals surface area contributed by atoms with E-state index in [2.05, 4.69) is 33.0 Å². The second-order valence-electron chi connectivity index (χ2n) is 7.63. The summed E-state index contributed by atoms with van der Waals surface area (Å²) in [5, 5.41) is 10.5. The number of hydrogen-bond acceptors (Lipinski definition) is 5. The topological polar surface area (TPSA) is 52.7 Å². The number of aromatic nitrogens is 4. The first-order chi connectivity index (χ1) is 16.2. The van der Waals surface area contributed by atoms with Crippen LogP contribution in [0.1, 0.15) is 17.0 Å². The minimum atomic E-state index is 0.0157. The number of thioether (sulfide) groups is 1. The fourth-order valence-corrected chi connectivity index (χ4v) is 5.76. The standard InChI is InChI=1S/C25H21ClN4OS2/c26-20-10-6-9-19(15-20)17-32-24-28-27-23(29(24)14-13-18-7-2-1-3-8-18)16-30-21-11-4-5-12-22(21)33-25(30)31/h1-12,15H,13-14,16-17H2. The summed E-state index contributed by atoms with van der Waals surface area (Å²) in [5.74, 6) is 1.52. The van der Waals surface area contributed by atoms with Gasteiger partial charge in [-0.25, -0.2) is 0 Å². The van der Waals surface area contributed by atoms with Crippen molar-refractivity contribution in [2.45, 2.75) is 30.4 Å². The zero-order chi connectivity index (χ0) is 22.6. The predicted molar refractivity (Wildman–Crippen MR) is 136 cm³/mol. The van der Waals surface area contributed by atoms with E-state index < -0.39 is 0 Å². The van der Waals surface area contributed by atoms with Gasteiger partial charge in [-0.05, 0) is 41.8 Å². The third-order valence-corrected chi connectivity index (χ3v) is 7.62. The van der Waals surface area contributed by atoms with Crippen LogP contribution in [-0.4, -0.2) is 19.3 Å². The van der Waals surface area contributed by atoms with Crippen molar-refractivity contribution in [3.63, 3.8) is 0 Å². The molecule has 0 bridgehead atoms. The Hall–Kier alpha value is -2.87. The van der Waals surface area contributed by atoms with Crippen molar-refractivity contribution >= 4 is 44.9 Å². The van der Waals surface area contributed by atoms with Gasteiger partial charge in [0.05, 0.1) is 16.8 Å². The van der Waals surface area contributed by atoms with Gasteiger partial charge in [0.15, 0.2) is 11.0 Å². The van der Waals surface area contributed by atoms with E-state index in [1.165, 1.54) is 16.9 Å². The van der Waals surface area contributed by atoms with E-state index in [0.717, 1.165) is 50.5 Å². The molecule has 0 spiro atoms. The number of halogens is 1. The Morgan fingerprint density at radius 1 is 0.879 bits per heavy atom. The first-order valence-corrected chi connectivity index (χ1v) is 12.8. The van der Waals surface area contributed by atoms with Crippen molar-refractivity contribution in [1.29, 1.82) is 0 Å². The van der Waals surface area contributed by atoms with Gasteiger partial charge in [0.1, 0.15) is 0 Å². The highest BCUT2D eigenvalue weighted by Gasteiger charge is 2.16. The molecule has 0 aliphatic carbocycles. The summed E-state index contributed by atoms with van der Waals surface area (Å²) in [7, 11) is 0. The molecule has 0 aliphatic heterocycles. The van der Waals surface area contributed by atoms with Gasteiger partial charge in [0.2, 0.25) is 0 Å². The summed E-state index contributed by atoms with van der Waals surface area (Å²) in [6, 6.07) is 26.1. The SMILES string of the molecule is O=c1sc2ccccc2n1Cc1nnc(SCc2cccc(Cl)c2)n1CCc1ccccc1. The summed E-state index contributed by atoms with van der Waals surface area (Å²) in [6.07, 6.45) is 0.857. The normalized spacial score (nSPS) is 11.3. The van der Waals surface area contributed by atoms with E-state index in [1.54, 1.807) is 16.3 Å². The second kappa shape index (κ2) is 9.95. The van der Waals surface area contributed by atoms with Gasteiger partial charge in [-0.3, -0.25) is 9.36 Å². The van der Waals surface area contributed by atoms with Crippen molar-refractivity contribution in [2.24, 2.45) is 0 Å². The minimum absolute atomic E-state index is 0.0157. The predicted octanol–water partition coefficient (Wildman–Crippen LogP) is 5.89. The molecule has 0 saturated heterocycles. The van der Waals surface area contributed by atoms with Crippen LogP contribution in [0, 0.1) is 0 Å². The first kappa shape index (κ1) is 21.9. The lowest BCUT2D eigenvalue weighted by Gasteiger charge is -2.11. The third-order valence-electron chi connectivity index (χ3n) is 5.39. The fraction of sp³-hybridized carbons (Fsp3) is 0.160. The van der Waals surface area contributed by atoms with Crippen molar-refractivity contribution < 1.29 is 0 Å². The Kier molecular flexibility index (Phi) is 6.62. The second-order valence-corrected chi connectivity index (χ2v) is 10.00. The van der Waals surface area contributed by atoms with Crippen LogP contribution in [0.4, 0.5) is 0 Å². The highest BCUT2D eigenvalue weighted by molar-refractivity contribution is 7.98. The quantitative estimate of drug-likeness (QED) is 0.253. The largest absolute Gasteiger partial charge is 0.308 e. The summed E-state index contributed by atoms with van der Waals surface area (Å²) in [4.78, 5) is 12.7. The number of rotatable bonds is 8. The molecule has 0 radical (unpaired) electrons. The molecule has 0 N–H and O–H groups in total. The highest BCUT2D eigenvalue weighted by atomic mass is 35.5. The summed E-state index contributed by atoms with van der Waals surface area (Å²) < 4.78 is 4.91. The van der Waals surface area contributed by atoms with Crippen molar-refractivity contribution in [3.8, 4) is 0 Å². The summed E-state index contributed by atoms with van der Waals surface area (Å²) >= 11 is 9.04. The Balaban J connectivity index is 1.44. The average molecular weight is 493 g/mol. The molecule has 2 aromatic heterocycles. The molecular weight excluding hydrogens is 472 g/mol. The Labute approximate surface area is 204 Å². The van der Waals surface area contributed by atoms with E-state index >= 15 is 0 Å². The van der Waals surface area contributed by atoms with E-state index in [0.29, 0.717) is 6.54 Å². The Morgan fingerprint density at radius 2 is 1.67 bits per heavy atom. The molecule has 166 valence electrons. The van der Waals surface area contributed by atoms with E-state index in [9.17, 15) is 4.79 Å². The maximum absolute atomic E-state index is 12.7. The fourth-order valence-electron chi connectivity index (χ4n) is 3.73. The monoisotopic (exact) mass is 492 g/mol. The zero-order valence-electron chi connectivity index (χ0n) is 17.7. The molecule has 0 unspecified atom stereocenters. The lowest BCUT2D eigenvalue weighted by molar-refractivity contribution is 0.586. The Bertz CT molecular complexity index is 1440. The molecule has 2 heterocycles. The first-order valence-electron chi connectivity index (χ1n) is 10.6. The summed E-state index contributed by atoms with van der Waals surface area (Å²) in [5.41, 5.74) is 3.31. The molecule has 5 rings (SSSR count). The van der Waals surface area contributed by atoms with Crippen molar-refractivity contribution in [1.82, 2.24) is 19.3 Å². The van der Waals surface area contributed by atoms with Crippen LogP contribution >= 0.6 is 34.7 Å². The van der Waals surface area contributed by atoms with E-state index in [4.69, 9.17) is 11.6 Å². The Morgan fingerprint density at radius 3 is 2.52 bits per heavy atom. The molecule has 5 aromatic rings. The molecule has 0 fully saturated rings. The number of fused-ring (bicyclic) bond motifs is 1. The number of aryl methyl sites for hydroxylation is 1. The third kappa shape index (κ3) is 5.05. The van der Waals surface area contributed by atoms with E-state index in [1.807, 2.05) is 60.7 Å². The number of para-hydroxylation sites is 1. The highest BCUT2D eigenvalue weighted by Crippen LogP contribution is 2.25. The van der Waals surface area contributed by atoms with Gasteiger partial charge < -0.3 is 4.57 Å². The van der Waals surface area contributed by atoms with E-state index in [-0.39, 0.29) is 4.87 Å². The zero-order valence-corrected chi connectivity index (χ0v) is 20.1. The minimum Gasteiger partial charge on any atom is -0.304 e. The molecule has 0 atom stereocenters. The number of thiazole rings is 1. The van der Waals surface area contributed by atoms with Crippen LogP contribution in [0.5, 0.6) is 0 Å². The van der Waals surface area contributed by atoms with Crippen LogP contribution in [0.2, 0.25) is 5.02 Å². The van der Waals surface area contributed by atoms with Crippen LogP contribution in [0.3, 0.4) is 0 Å². The molecule has 0 amide bonds.